The summed E-state index contributed by atoms with van der Waals surface area (Å²) in [6.07, 6.45) is 10.8. The first-order chi connectivity index (χ1) is 9.72. The van der Waals surface area contributed by atoms with Crippen molar-refractivity contribution in [3.63, 3.8) is 0 Å². The summed E-state index contributed by atoms with van der Waals surface area (Å²) in [7, 11) is 6.02. The van der Waals surface area contributed by atoms with E-state index in [2.05, 4.69) is 43.3 Å². The minimum atomic E-state index is 0.950. The molecule has 0 heterocycles. The molecule has 2 heteroatoms. The summed E-state index contributed by atoms with van der Waals surface area (Å²) in [6, 6.07) is 8.47. The molecule has 0 N–H and O–H groups in total. The van der Waals surface area contributed by atoms with Gasteiger partial charge in [-0.2, -0.15) is 0 Å². The van der Waals surface area contributed by atoms with Crippen LogP contribution >= 0.6 is 0 Å². The second-order valence-electron chi connectivity index (χ2n) is 5.88. The molecule has 2 nitrogen and oxygen atoms in total. The number of hydrogen-bond donors (Lipinski definition) is 0. The van der Waals surface area contributed by atoms with Crippen molar-refractivity contribution in [2.45, 2.75) is 51.4 Å². The summed E-state index contributed by atoms with van der Waals surface area (Å²) >= 11 is 0. The van der Waals surface area contributed by atoms with E-state index in [0.29, 0.717) is 0 Å². The standard InChI is InChI=1S/C18H31NO/c1-19(2)16-10-8-6-4-5-7-9-11-17-12-14-18(20-3)15-13-17/h12-15H,4-11,16H2,1-3H3. The van der Waals surface area contributed by atoms with Gasteiger partial charge in [0.2, 0.25) is 0 Å². The Bertz CT molecular complexity index is 332. The molecule has 0 aliphatic heterocycles. The second kappa shape index (κ2) is 10.7. The molecule has 1 rings (SSSR count). The molecule has 0 amide bonds. The number of unbranched alkanes of at least 4 members (excludes halogenated alkanes) is 6. The summed E-state index contributed by atoms with van der Waals surface area (Å²) in [5, 5.41) is 0. The molecule has 20 heavy (non-hydrogen) atoms. The molecule has 1 aromatic rings. The molecule has 0 unspecified atom stereocenters. The zero-order chi connectivity index (χ0) is 14.6. The van der Waals surface area contributed by atoms with Crippen molar-refractivity contribution in [1.29, 1.82) is 0 Å². The average Bonchev–Trinajstić information content (AvgIpc) is 2.46. The first-order valence-electron chi connectivity index (χ1n) is 8.00. The average molecular weight is 277 g/mol. The van der Waals surface area contributed by atoms with E-state index in [1.807, 2.05) is 0 Å². The zero-order valence-electron chi connectivity index (χ0n) is 13.5. The van der Waals surface area contributed by atoms with Crippen LogP contribution in [0.5, 0.6) is 5.75 Å². The maximum atomic E-state index is 5.17. The fourth-order valence-corrected chi connectivity index (χ4v) is 2.43. The van der Waals surface area contributed by atoms with Gasteiger partial charge in [-0.05, 0) is 57.6 Å². The van der Waals surface area contributed by atoms with Crippen LogP contribution in [0.3, 0.4) is 0 Å². The van der Waals surface area contributed by atoms with Crippen LogP contribution in [0, 0.1) is 0 Å². The Morgan fingerprint density at radius 3 is 1.90 bits per heavy atom. The first-order valence-corrected chi connectivity index (χ1v) is 8.00. The molecule has 0 radical (unpaired) electrons. The predicted octanol–water partition coefficient (Wildman–Crippen LogP) is 4.53. The fraction of sp³-hybridized carbons (Fsp3) is 0.667. The van der Waals surface area contributed by atoms with Gasteiger partial charge in [-0.25, -0.2) is 0 Å². The van der Waals surface area contributed by atoms with Gasteiger partial charge in [0.1, 0.15) is 5.75 Å². The van der Waals surface area contributed by atoms with Crippen molar-refractivity contribution in [2.75, 3.05) is 27.7 Å². The van der Waals surface area contributed by atoms with Gasteiger partial charge >= 0.3 is 0 Å². The lowest BCUT2D eigenvalue weighted by molar-refractivity contribution is 0.389. The second-order valence-corrected chi connectivity index (χ2v) is 5.88. The summed E-state index contributed by atoms with van der Waals surface area (Å²) in [6.45, 7) is 1.23. The molecule has 0 spiro atoms. The molecule has 1 aromatic carbocycles. The summed E-state index contributed by atoms with van der Waals surface area (Å²) in [5.41, 5.74) is 1.43. The molecule has 114 valence electrons. The lowest BCUT2D eigenvalue weighted by Crippen LogP contribution is -2.12. The number of benzene rings is 1. The van der Waals surface area contributed by atoms with Gasteiger partial charge < -0.3 is 9.64 Å². The highest BCUT2D eigenvalue weighted by Crippen LogP contribution is 2.14. The van der Waals surface area contributed by atoms with Gasteiger partial charge in [-0.15, -0.1) is 0 Å². The summed E-state index contributed by atoms with van der Waals surface area (Å²) in [5.74, 6) is 0.950. The monoisotopic (exact) mass is 277 g/mol. The number of aryl methyl sites for hydroxylation is 1. The Labute approximate surface area is 125 Å². The lowest BCUT2D eigenvalue weighted by atomic mass is 10.0. The number of hydrogen-bond acceptors (Lipinski definition) is 2. The van der Waals surface area contributed by atoms with E-state index in [1.54, 1.807) is 7.11 Å². The number of methoxy groups -OCH3 is 1. The van der Waals surface area contributed by atoms with Gasteiger partial charge in [-0.1, -0.05) is 44.2 Å². The molecule has 0 atom stereocenters. The maximum Gasteiger partial charge on any atom is 0.118 e. The third-order valence-corrected chi connectivity index (χ3v) is 3.73. The fourth-order valence-electron chi connectivity index (χ4n) is 2.43. The van der Waals surface area contributed by atoms with Crippen molar-refractivity contribution < 1.29 is 4.74 Å². The molecule has 0 aliphatic carbocycles. The topological polar surface area (TPSA) is 12.5 Å². The number of ether oxygens (including phenoxy) is 1. The first kappa shape index (κ1) is 17.0. The Kier molecular flexibility index (Phi) is 9.14. The van der Waals surface area contributed by atoms with E-state index >= 15 is 0 Å². The molecular weight excluding hydrogens is 246 g/mol. The largest absolute Gasteiger partial charge is 0.497 e. The zero-order valence-corrected chi connectivity index (χ0v) is 13.5. The highest BCUT2D eigenvalue weighted by atomic mass is 16.5. The maximum absolute atomic E-state index is 5.17. The quantitative estimate of drug-likeness (QED) is 0.551. The van der Waals surface area contributed by atoms with Gasteiger partial charge in [0, 0.05) is 0 Å². The van der Waals surface area contributed by atoms with Crippen molar-refractivity contribution in [2.24, 2.45) is 0 Å². The van der Waals surface area contributed by atoms with E-state index in [4.69, 9.17) is 4.74 Å². The molecule has 0 bridgehead atoms. The Morgan fingerprint density at radius 1 is 0.800 bits per heavy atom. The van der Waals surface area contributed by atoms with E-state index in [1.165, 1.54) is 63.5 Å². The highest BCUT2D eigenvalue weighted by Gasteiger charge is 1.96. The Balaban J connectivity index is 1.94. The minimum absolute atomic E-state index is 0.950. The van der Waals surface area contributed by atoms with Crippen LogP contribution in [0.15, 0.2) is 24.3 Å². The smallest absolute Gasteiger partial charge is 0.118 e. The van der Waals surface area contributed by atoms with Crippen molar-refractivity contribution in [3.05, 3.63) is 29.8 Å². The molecule has 0 fully saturated rings. The van der Waals surface area contributed by atoms with Crippen LogP contribution in [0.2, 0.25) is 0 Å². The van der Waals surface area contributed by atoms with E-state index < -0.39 is 0 Å². The molecule has 0 saturated heterocycles. The van der Waals surface area contributed by atoms with Gasteiger partial charge in [-0.3, -0.25) is 0 Å². The van der Waals surface area contributed by atoms with Crippen molar-refractivity contribution >= 4 is 0 Å². The van der Waals surface area contributed by atoms with E-state index in [9.17, 15) is 0 Å². The van der Waals surface area contributed by atoms with Crippen LogP contribution in [0.25, 0.3) is 0 Å². The summed E-state index contributed by atoms with van der Waals surface area (Å²) in [4.78, 5) is 2.27. The SMILES string of the molecule is COc1ccc(CCCCCCCCCN(C)C)cc1. The van der Waals surface area contributed by atoms with Crippen LogP contribution in [0.4, 0.5) is 0 Å². The number of nitrogens with zero attached hydrogens (tertiary/aromatic N) is 1. The summed E-state index contributed by atoms with van der Waals surface area (Å²) < 4.78 is 5.17. The third-order valence-electron chi connectivity index (χ3n) is 3.73. The van der Waals surface area contributed by atoms with E-state index in [-0.39, 0.29) is 0 Å². The van der Waals surface area contributed by atoms with Gasteiger partial charge in [0.05, 0.1) is 7.11 Å². The van der Waals surface area contributed by atoms with Crippen LogP contribution < -0.4 is 4.74 Å². The minimum Gasteiger partial charge on any atom is -0.497 e. The van der Waals surface area contributed by atoms with Crippen molar-refractivity contribution in [1.82, 2.24) is 4.90 Å². The van der Waals surface area contributed by atoms with Gasteiger partial charge in [0.25, 0.3) is 0 Å². The molecule has 0 aliphatic rings. The molecule has 0 aromatic heterocycles. The lowest BCUT2D eigenvalue weighted by Gasteiger charge is -2.08. The Hall–Kier alpha value is -1.02. The van der Waals surface area contributed by atoms with Crippen LogP contribution in [0.1, 0.15) is 50.5 Å². The normalized spacial score (nSPS) is 11.0. The molecule has 0 saturated carbocycles. The Morgan fingerprint density at radius 2 is 1.35 bits per heavy atom. The van der Waals surface area contributed by atoms with Crippen LogP contribution in [-0.2, 0) is 6.42 Å². The third kappa shape index (κ3) is 8.21. The predicted molar refractivity (Wildman–Crippen MR) is 87.6 cm³/mol. The van der Waals surface area contributed by atoms with Crippen molar-refractivity contribution in [3.8, 4) is 5.75 Å². The number of rotatable bonds is 11. The van der Waals surface area contributed by atoms with Gasteiger partial charge in [0.15, 0.2) is 0 Å². The van der Waals surface area contributed by atoms with Crippen LogP contribution in [-0.4, -0.2) is 32.6 Å². The molecular formula is C18H31NO. The highest BCUT2D eigenvalue weighted by molar-refractivity contribution is 5.27. The van der Waals surface area contributed by atoms with E-state index in [0.717, 1.165) is 5.75 Å².